The van der Waals surface area contributed by atoms with Gasteiger partial charge in [0.2, 0.25) is 0 Å². The minimum Gasteiger partial charge on any atom is -0.363 e. The fraction of sp³-hybridized carbons (Fsp3) is 0.333. The van der Waals surface area contributed by atoms with E-state index in [1.807, 2.05) is 50.4 Å². The van der Waals surface area contributed by atoms with Crippen molar-refractivity contribution in [3.8, 4) is 0 Å². The number of nitrogens with one attached hydrogen (secondary N) is 1. The van der Waals surface area contributed by atoms with Crippen LogP contribution in [0, 0.1) is 20.8 Å². The molecule has 0 aliphatic heterocycles. The van der Waals surface area contributed by atoms with Crippen molar-refractivity contribution in [3.63, 3.8) is 0 Å². The number of fused-ring (bicyclic) bond motifs is 1. The van der Waals surface area contributed by atoms with E-state index >= 15 is 0 Å². The standard InChI is InChI=1S/C18H22N4O2S/c1-11-10-17(22-18(19-11)12(2)13(3)21-22)20-14(4)15-6-8-16(9-7-15)25(5,23)24/h6-10,14,20H,1-5H3/t14-/m0/s1. The Balaban J connectivity index is 1.94. The highest BCUT2D eigenvalue weighted by atomic mass is 32.2. The van der Waals surface area contributed by atoms with Gasteiger partial charge in [-0.15, -0.1) is 0 Å². The monoisotopic (exact) mass is 358 g/mol. The fourth-order valence-corrected chi connectivity index (χ4v) is 3.39. The fourth-order valence-electron chi connectivity index (χ4n) is 2.76. The maximum absolute atomic E-state index is 11.6. The lowest BCUT2D eigenvalue weighted by molar-refractivity contribution is 0.602. The van der Waals surface area contributed by atoms with E-state index in [1.54, 1.807) is 12.1 Å². The van der Waals surface area contributed by atoms with Crippen molar-refractivity contribution in [2.24, 2.45) is 0 Å². The highest BCUT2D eigenvalue weighted by Gasteiger charge is 2.14. The second kappa shape index (κ2) is 6.15. The molecule has 0 spiro atoms. The van der Waals surface area contributed by atoms with E-state index in [-0.39, 0.29) is 6.04 Å². The molecule has 6 nitrogen and oxygen atoms in total. The molecule has 0 bridgehead atoms. The number of aryl methyl sites for hydroxylation is 3. The van der Waals surface area contributed by atoms with Gasteiger partial charge in [0.1, 0.15) is 5.82 Å². The van der Waals surface area contributed by atoms with Gasteiger partial charge in [-0.05, 0) is 45.4 Å². The number of benzene rings is 1. The second-order valence-corrected chi connectivity index (χ2v) is 8.45. The Morgan fingerprint density at radius 2 is 1.76 bits per heavy atom. The van der Waals surface area contributed by atoms with Gasteiger partial charge in [0.25, 0.3) is 0 Å². The van der Waals surface area contributed by atoms with E-state index in [4.69, 9.17) is 0 Å². The summed E-state index contributed by atoms with van der Waals surface area (Å²) in [6.07, 6.45) is 1.21. The molecule has 0 unspecified atom stereocenters. The van der Waals surface area contributed by atoms with Crippen LogP contribution in [0.1, 0.15) is 35.5 Å². The summed E-state index contributed by atoms with van der Waals surface area (Å²) in [5.74, 6) is 0.860. The van der Waals surface area contributed by atoms with Crippen LogP contribution >= 0.6 is 0 Å². The molecule has 132 valence electrons. The van der Waals surface area contributed by atoms with Crippen LogP contribution in [0.5, 0.6) is 0 Å². The van der Waals surface area contributed by atoms with E-state index < -0.39 is 9.84 Å². The first-order valence-corrected chi connectivity index (χ1v) is 9.96. The first kappa shape index (κ1) is 17.4. The topological polar surface area (TPSA) is 76.4 Å². The number of sulfone groups is 1. The molecule has 25 heavy (non-hydrogen) atoms. The Bertz CT molecular complexity index is 1040. The van der Waals surface area contributed by atoms with E-state index in [2.05, 4.69) is 15.4 Å². The first-order chi connectivity index (χ1) is 11.7. The molecule has 0 aliphatic rings. The molecule has 2 heterocycles. The van der Waals surface area contributed by atoms with Gasteiger partial charge in [-0.1, -0.05) is 12.1 Å². The van der Waals surface area contributed by atoms with Gasteiger partial charge >= 0.3 is 0 Å². The van der Waals surface area contributed by atoms with Crippen LogP contribution in [0.25, 0.3) is 5.65 Å². The van der Waals surface area contributed by atoms with E-state index in [1.165, 1.54) is 6.26 Å². The van der Waals surface area contributed by atoms with Gasteiger partial charge in [0.15, 0.2) is 15.5 Å². The molecule has 7 heteroatoms. The van der Waals surface area contributed by atoms with Crippen LogP contribution in [0.4, 0.5) is 5.82 Å². The molecule has 1 N–H and O–H groups in total. The van der Waals surface area contributed by atoms with Crippen molar-refractivity contribution >= 4 is 21.3 Å². The number of aromatic nitrogens is 3. The lowest BCUT2D eigenvalue weighted by Gasteiger charge is -2.17. The first-order valence-electron chi connectivity index (χ1n) is 8.07. The Morgan fingerprint density at radius 1 is 1.12 bits per heavy atom. The van der Waals surface area contributed by atoms with Crippen molar-refractivity contribution in [1.82, 2.24) is 14.6 Å². The number of hydrogen-bond acceptors (Lipinski definition) is 5. The molecule has 1 aromatic carbocycles. The van der Waals surface area contributed by atoms with Crippen LogP contribution < -0.4 is 5.32 Å². The molecule has 0 saturated heterocycles. The lowest BCUT2D eigenvalue weighted by atomic mass is 10.1. The molecule has 2 aromatic heterocycles. The molecule has 1 atom stereocenters. The van der Waals surface area contributed by atoms with E-state index in [0.717, 1.165) is 34.0 Å². The Hall–Kier alpha value is -2.41. The molecular formula is C18H22N4O2S. The summed E-state index contributed by atoms with van der Waals surface area (Å²) in [7, 11) is -3.18. The third kappa shape index (κ3) is 3.37. The number of rotatable bonds is 4. The van der Waals surface area contributed by atoms with Gasteiger partial charge in [0.05, 0.1) is 10.6 Å². The number of nitrogens with zero attached hydrogens (tertiary/aromatic N) is 3. The summed E-state index contributed by atoms with van der Waals surface area (Å²) in [6, 6.07) is 8.89. The van der Waals surface area contributed by atoms with E-state index in [0.29, 0.717) is 4.90 Å². The summed E-state index contributed by atoms with van der Waals surface area (Å²) < 4.78 is 25.0. The Kier molecular flexibility index (Phi) is 4.28. The molecule has 0 saturated carbocycles. The molecule has 0 aliphatic carbocycles. The summed E-state index contributed by atoms with van der Waals surface area (Å²) in [5, 5.41) is 8.01. The van der Waals surface area contributed by atoms with Crippen molar-refractivity contribution in [2.45, 2.75) is 38.6 Å². The van der Waals surface area contributed by atoms with E-state index in [9.17, 15) is 8.42 Å². The second-order valence-electron chi connectivity index (χ2n) is 6.44. The summed E-state index contributed by atoms with van der Waals surface area (Å²) in [5.41, 5.74) is 4.77. The zero-order chi connectivity index (χ0) is 18.4. The maximum Gasteiger partial charge on any atom is 0.175 e. The molecule has 3 aromatic rings. The summed E-state index contributed by atoms with van der Waals surface area (Å²) >= 11 is 0. The van der Waals surface area contributed by atoms with Crippen LogP contribution in [0.2, 0.25) is 0 Å². The smallest absolute Gasteiger partial charge is 0.175 e. The number of anilines is 1. The molecule has 0 radical (unpaired) electrons. The van der Waals surface area contributed by atoms with Crippen molar-refractivity contribution < 1.29 is 8.42 Å². The van der Waals surface area contributed by atoms with Gasteiger partial charge < -0.3 is 5.32 Å². The third-order valence-corrected chi connectivity index (χ3v) is 5.49. The highest BCUT2D eigenvalue weighted by Crippen LogP contribution is 2.23. The van der Waals surface area contributed by atoms with Crippen molar-refractivity contribution in [1.29, 1.82) is 0 Å². The Morgan fingerprint density at radius 3 is 2.36 bits per heavy atom. The minimum atomic E-state index is -3.18. The van der Waals surface area contributed by atoms with Crippen LogP contribution in [-0.2, 0) is 9.84 Å². The average Bonchev–Trinajstić information content (AvgIpc) is 2.82. The molecule has 0 fully saturated rings. The van der Waals surface area contributed by atoms with Crippen LogP contribution in [-0.4, -0.2) is 29.3 Å². The summed E-state index contributed by atoms with van der Waals surface area (Å²) in [6.45, 7) is 7.97. The van der Waals surface area contributed by atoms with Crippen molar-refractivity contribution in [3.05, 3.63) is 52.8 Å². The highest BCUT2D eigenvalue weighted by molar-refractivity contribution is 7.90. The third-order valence-electron chi connectivity index (χ3n) is 4.36. The van der Waals surface area contributed by atoms with Gasteiger partial charge in [0, 0.05) is 29.6 Å². The quantitative estimate of drug-likeness (QED) is 0.775. The molecule has 3 rings (SSSR count). The Labute approximate surface area is 147 Å². The van der Waals surface area contributed by atoms with Crippen molar-refractivity contribution in [2.75, 3.05) is 11.6 Å². The van der Waals surface area contributed by atoms with Gasteiger partial charge in [-0.25, -0.2) is 13.4 Å². The minimum absolute atomic E-state index is 0.0107. The predicted molar refractivity (Wildman–Crippen MR) is 98.8 cm³/mol. The van der Waals surface area contributed by atoms with Crippen LogP contribution in [0.15, 0.2) is 35.2 Å². The summed E-state index contributed by atoms with van der Waals surface area (Å²) in [4.78, 5) is 4.89. The zero-order valence-electron chi connectivity index (χ0n) is 15.0. The lowest BCUT2D eigenvalue weighted by Crippen LogP contribution is -2.11. The maximum atomic E-state index is 11.6. The van der Waals surface area contributed by atoms with Gasteiger partial charge in [-0.2, -0.15) is 9.61 Å². The average molecular weight is 358 g/mol. The predicted octanol–water partition coefficient (Wildman–Crippen LogP) is 3.23. The largest absolute Gasteiger partial charge is 0.363 e. The SMILES string of the molecule is Cc1cc(N[C@@H](C)c2ccc(S(C)(=O)=O)cc2)n2nc(C)c(C)c2n1. The van der Waals surface area contributed by atoms with Gasteiger partial charge in [-0.3, -0.25) is 0 Å². The normalized spacial score (nSPS) is 13.2. The van der Waals surface area contributed by atoms with Crippen LogP contribution in [0.3, 0.4) is 0 Å². The molecular weight excluding hydrogens is 336 g/mol. The number of hydrogen-bond donors (Lipinski definition) is 1. The molecule has 0 amide bonds. The zero-order valence-corrected chi connectivity index (χ0v) is 15.8.